The predicted molar refractivity (Wildman–Crippen MR) is 133 cm³/mol. The Morgan fingerprint density at radius 1 is 1.09 bits per heavy atom. The molecule has 5 aliphatic rings. The molecule has 2 aromatic carbocycles. The number of fused-ring (bicyclic) bond motifs is 1. The van der Waals surface area contributed by atoms with Crippen LogP contribution >= 0.6 is 23.2 Å². The van der Waals surface area contributed by atoms with Crippen molar-refractivity contribution < 1.29 is 9.59 Å². The standard InChI is InChI=1S/C27H29Cl2N3O2/c28-18-7-8-20(22(29)14-18)26(11-12-26)25(34)30-23(9-6-17-4-2-1-3-5-17)24(33)31-27-16-32-13-10-19(27)21(27)15-32/h1-5,7-8,14,19,21,23H,6,9-13,15-16H2,(H,30,34)(H,31,33). The molecule has 5 unspecified atom stereocenters. The molecule has 0 aromatic heterocycles. The Bertz CT molecular complexity index is 1130. The van der Waals surface area contributed by atoms with Gasteiger partial charge in [-0.1, -0.05) is 59.6 Å². The normalized spacial score (nSPS) is 30.4. The molecule has 0 radical (unpaired) electrons. The first-order valence-electron chi connectivity index (χ1n) is 12.3. The fourth-order valence-electron chi connectivity index (χ4n) is 6.48. The van der Waals surface area contributed by atoms with E-state index in [1.807, 2.05) is 24.3 Å². The van der Waals surface area contributed by atoms with Gasteiger partial charge in [0, 0.05) is 29.1 Å². The summed E-state index contributed by atoms with van der Waals surface area (Å²) in [6, 6.07) is 14.8. The Balaban J connectivity index is 1.20. The van der Waals surface area contributed by atoms with E-state index in [1.165, 1.54) is 0 Å². The number of hydrogen-bond donors (Lipinski definition) is 2. The third-order valence-electron chi connectivity index (χ3n) is 8.57. The average molecular weight is 498 g/mol. The summed E-state index contributed by atoms with van der Waals surface area (Å²) >= 11 is 12.5. The molecular formula is C27H29Cl2N3O2. The third kappa shape index (κ3) is 3.73. The minimum Gasteiger partial charge on any atom is -0.347 e. The van der Waals surface area contributed by atoms with Crippen molar-refractivity contribution in [3.8, 4) is 0 Å². The van der Waals surface area contributed by atoms with Crippen LogP contribution < -0.4 is 10.6 Å². The van der Waals surface area contributed by atoms with Gasteiger partial charge >= 0.3 is 0 Å². The van der Waals surface area contributed by atoms with Crippen molar-refractivity contribution in [2.24, 2.45) is 11.8 Å². The fraction of sp³-hybridized carbons (Fsp3) is 0.481. The van der Waals surface area contributed by atoms with Crippen LogP contribution in [0.2, 0.25) is 10.0 Å². The van der Waals surface area contributed by atoms with Crippen molar-refractivity contribution in [3.05, 3.63) is 69.7 Å². The SMILES string of the molecule is O=C(NC12CN3CCC1C2C3)C(CCc1ccccc1)NC(=O)C1(c2ccc(Cl)cc2Cl)CC1. The highest BCUT2D eigenvalue weighted by Gasteiger charge is 2.71. The van der Waals surface area contributed by atoms with Crippen LogP contribution in [-0.4, -0.2) is 47.9 Å². The maximum absolute atomic E-state index is 13.6. The van der Waals surface area contributed by atoms with Gasteiger partial charge in [0.15, 0.2) is 0 Å². The summed E-state index contributed by atoms with van der Waals surface area (Å²) in [5.74, 6) is 0.984. The van der Waals surface area contributed by atoms with Crippen molar-refractivity contribution in [2.75, 3.05) is 19.6 Å². The molecule has 2 N–H and O–H groups in total. The van der Waals surface area contributed by atoms with Gasteiger partial charge in [-0.15, -0.1) is 0 Å². The maximum Gasteiger partial charge on any atom is 0.243 e. The number of benzene rings is 2. The smallest absolute Gasteiger partial charge is 0.243 e. The number of nitrogens with zero attached hydrogens (tertiary/aromatic N) is 1. The van der Waals surface area contributed by atoms with Crippen LogP contribution in [-0.2, 0) is 21.4 Å². The zero-order chi connectivity index (χ0) is 23.5. The lowest BCUT2D eigenvalue weighted by Crippen LogP contribution is -2.55. The first-order chi connectivity index (χ1) is 16.4. The molecule has 178 valence electrons. The van der Waals surface area contributed by atoms with Crippen LogP contribution in [0.4, 0.5) is 0 Å². The summed E-state index contributed by atoms with van der Waals surface area (Å²) in [6.07, 6.45) is 3.87. The second kappa shape index (κ2) is 8.25. The van der Waals surface area contributed by atoms with Crippen LogP contribution in [0.25, 0.3) is 0 Å². The minimum absolute atomic E-state index is 0.0569. The highest BCUT2D eigenvalue weighted by molar-refractivity contribution is 6.35. The molecule has 5 nitrogen and oxygen atoms in total. The molecule has 5 fully saturated rings. The summed E-state index contributed by atoms with van der Waals surface area (Å²) in [7, 11) is 0. The first-order valence-corrected chi connectivity index (χ1v) is 13.0. The molecule has 2 aromatic rings. The Kier molecular flexibility index (Phi) is 5.43. The van der Waals surface area contributed by atoms with E-state index in [-0.39, 0.29) is 17.4 Å². The summed E-state index contributed by atoms with van der Waals surface area (Å²) in [5.41, 5.74) is 1.19. The lowest BCUT2D eigenvalue weighted by Gasteiger charge is -2.31. The molecule has 0 spiro atoms. The van der Waals surface area contributed by atoms with Gasteiger partial charge in [-0.05, 0) is 67.8 Å². The molecule has 7 heteroatoms. The molecule has 5 atom stereocenters. The molecule has 2 amide bonds. The van der Waals surface area contributed by atoms with E-state index in [1.54, 1.807) is 12.1 Å². The molecule has 2 saturated carbocycles. The average Bonchev–Trinajstić information content (AvgIpc) is 3.72. The number of nitrogens with one attached hydrogen (secondary N) is 2. The number of piperidine rings is 3. The Morgan fingerprint density at radius 3 is 2.50 bits per heavy atom. The molecule has 34 heavy (non-hydrogen) atoms. The first kappa shape index (κ1) is 22.4. The topological polar surface area (TPSA) is 61.4 Å². The van der Waals surface area contributed by atoms with Gasteiger partial charge < -0.3 is 15.5 Å². The van der Waals surface area contributed by atoms with Crippen molar-refractivity contribution in [2.45, 2.75) is 49.1 Å². The quantitative estimate of drug-likeness (QED) is 0.580. The zero-order valence-corrected chi connectivity index (χ0v) is 20.5. The highest BCUT2D eigenvalue weighted by atomic mass is 35.5. The van der Waals surface area contributed by atoms with Gasteiger partial charge in [0.2, 0.25) is 11.8 Å². The van der Waals surface area contributed by atoms with Gasteiger partial charge in [-0.2, -0.15) is 0 Å². The van der Waals surface area contributed by atoms with E-state index < -0.39 is 11.5 Å². The van der Waals surface area contributed by atoms with E-state index in [9.17, 15) is 9.59 Å². The van der Waals surface area contributed by atoms with Crippen molar-refractivity contribution in [1.82, 2.24) is 15.5 Å². The number of hydrogen-bond acceptors (Lipinski definition) is 3. The van der Waals surface area contributed by atoms with E-state index in [0.29, 0.717) is 28.3 Å². The monoisotopic (exact) mass is 497 g/mol. The molecule has 4 bridgehead atoms. The Morgan fingerprint density at radius 2 is 1.88 bits per heavy atom. The minimum atomic E-state index is -0.675. The molecule has 3 aliphatic heterocycles. The van der Waals surface area contributed by atoms with Crippen LogP contribution in [0.5, 0.6) is 0 Å². The van der Waals surface area contributed by atoms with E-state index in [2.05, 4.69) is 27.7 Å². The molecule has 7 rings (SSSR count). The van der Waals surface area contributed by atoms with E-state index >= 15 is 0 Å². The van der Waals surface area contributed by atoms with Crippen molar-refractivity contribution >= 4 is 35.0 Å². The third-order valence-corrected chi connectivity index (χ3v) is 9.12. The number of halogens is 2. The van der Waals surface area contributed by atoms with Crippen molar-refractivity contribution in [1.29, 1.82) is 0 Å². The van der Waals surface area contributed by atoms with Crippen LogP contribution in [0.3, 0.4) is 0 Å². The molecule has 3 saturated heterocycles. The van der Waals surface area contributed by atoms with Gasteiger partial charge in [-0.3, -0.25) is 9.59 Å². The number of rotatable bonds is 8. The summed E-state index contributed by atoms with van der Waals surface area (Å²) in [4.78, 5) is 29.6. The number of carbonyl (C=O) groups excluding carboxylic acids is 2. The van der Waals surface area contributed by atoms with Gasteiger partial charge in [0.25, 0.3) is 0 Å². The molecule has 2 aliphatic carbocycles. The molecule has 3 heterocycles. The van der Waals surface area contributed by atoms with Crippen LogP contribution in [0.15, 0.2) is 48.5 Å². The van der Waals surface area contributed by atoms with Crippen LogP contribution in [0, 0.1) is 11.8 Å². The largest absolute Gasteiger partial charge is 0.347 e. The van der Waals surface area contributed by atoms with Crippen molar-refractivity contribution in [3.63, 3.8) is 0 Å². The number of carbonyl (C=O) groups is 2. The summed E-state index contributed by atoms with van der Waals surface area (Å²) in [5, 5.41) is 7.57. The van der Waals surface area contributed by atoms with Gasteiger partial charge in [0.05, 0.1) is 11.0 Å². The zero-order valence-electron chi connectivity index (χ0n) is 19.0. The highest BCUT2D eigenvalue weighted by Crippen LogP contribution is 2.60. The second-order valence-corrected chi connectivity index (χ2v) is 11.4. The lowest BCUT2D eigenvalue weighted by molar-refractivity contribution is -0.131. The summed E-state index contributed by atoms with van der Waals surface area (Å²) < 4.78 is 0. The Hall–Kier alpha value is -2.08. The lowest BCUT2D eigenvalue weighted by atomic mass is 9.93. The number of amides is 2. The predicted octanol–water partition coefficient (Wildman–Crippen LogP) is 3.96. The van der Waals surface area contributed by atoms with Gasteiger partial charge in [0.1, 0.15) is 6.04 Å². The maximum atomic E-state index is 13.6. The van der Waals surface area contributed by atoms with Gasteiger partial charge in [-0.25, -0.2) is 0 Å². The fourth-order valence-corrected chi connectivity index (χ4v) is 7.07. The molecular weight excluding hydrogens is 469 g/mol. The van der Waals surface area contributed by atoms with Crippen LogP contribution in [0.1, 0.15) is 36.8 Å². The summed E-state index contributed by atoms with van der Waals surface area (Å²) in [6.45, 7) is 3.17. The Labute approximate surface area is 210 Å². The van der Waals surface area contributed by atoms with E-state index in [4.69, 9.17) is 23.2 Å². The number of aryl methyl sites for hydroxylation is 1. The second-order valence-electron chi connectivity index (χ2n) is 10.5. The van der Waals surface area contributed by atoms with E-state index in [0.717, 1.165) is 56.4 Å².